The summed E-state index contributed by atoms with van der Waals surface area (Å²) < 4.78 is 0. The highest BCUT2D eigenvalue weighted by Crippen LogP contribution is 2.09. The number of benzene rings is 1. The van der Waals surface area contributed by atoms with Crippen LogP contribution in [0.1, 0.15) is 27.5 Å². The van der Waals surface area contributed by atoms with Crippen LogP contribution in [0.2, 0.25) is 0 Å². The largest absolute Gasteiger partial charge is 0.476 e. The number of aromatic carboxylic acids is 1. The molecule has 0 radical (unpaired) electrons. The molecule has 0 bridgehead atoms. The van der Waals surface area contributed by atoms with Gasteiger partial charge in [0, 0.05) is 11.8 Å². The number of carbonyl (C=O) groups is 2. The number of hydrogen-bond acceptors (Lipinski definition) is 4. The van der Waals surface area contributed by atoms with Crippen molar-refractivity contribution in [1.29, 1.82) is 0 Å². The highest BCUT2D eigenvalue weighted by Gasteiger charge is 2.09. The fraction of sp³-hybridized carbons (Fsp3) is 0.214. The number of thiazole rings is 1. The molecule has 0 atom stereocenters. The molecule has 0 fully saturated rings. The van der Waals surface area contributed by atoms with E-state index in [1.54, 1.807) is 0 Å². The Hall–Kier alpha value is -2.21. The highest BCUT2D eigenvalue weighted by molar-refractivity contribution is 7.09. The predicted octanol–water partition coefficient (Wildman–Crippen LogP) is 2.09. The van der Waals surface area contributed by atoms with Crippen molar-refractivity contribution in [2.24, 2.45) is 0 Å². The molecule has 1 amide bonds. The van der Waals surface area contributed by atoms with Gasteiger partial charge < -0.3 is 10.4 Å². The Morgan fingerprint density at radius 3 is 2.65 bits per heavy atom. The first-order valence-electron chi connectivity index (χ1n) is 6.13. The molecule has 1 aromatic heterocycles. The van der Waals surface area contributed by atoms with Gasteiger partial charge in [0.15, 0.2) is 5.69 Å². The van der Waals surface area contributed by atoms with Gasteiger partial charge >= 0.3 is 5.97 Å². The molecule has 0 aliphatic rings. The first kappa shape index (κ1) is 14.2. The second kappa shape index (κ2) is 6.81. The average molecular weight is 290 g/mol. The maximum atomic E-state index is 11.7. The zero-order valence-electron chi connectivity index (χ0n) is 10.7. The van der Waals surface area contributed by atoms with E-state index in [-0.39, 0.29) is 18.1 Å². The van der Waals surface area contributed by atoms with Gasteiger partial charge in [0.25, 0.3) is 0 Å². The average Bonchev–Trinajstić information content (AvgIpc) is 2.93. The third kappa shape index (κ3) is 4.17. The number of rotatable bonds is 6. The fourth-order valence-electron chi connectivity index (χ4n) is 1.66. The molecule has 6 heteroatoms. The summed E-state index contributed by atoms with van der Waals surface area (Å²) in [6, 6.07) is 9.78. The van der Waals surface area contributed by atoms with E-state index in [1.807, 2.05) is 30.3 Å². The second-order valence-electron chi connectivity index (χ2n) is 4.19. The molecule has 20 heavy (non-hydrogen) atoms. The molecule has 104 valence electrons. The Morgan fingerprint density at radius 2 is 2.00 bits per heavy atom. The minimum Gasteiger partial charge on any atom is -0.476 e. The smallest absolute Gasteiger partial charge is 0.355 e. The van der Waals surface area contributed by atoms with Crippen LogP contribution in [-0.2, 0) is 17.8 Å². The summed E-state index contributed by atoms with van der Waals surface area (Å²) in [6.07, 6.45) is 1.09. The number of nitrogens with one attached hydrogen (secondary N) is 1. The van der Waals surface area contributed by atoms with Gasteiger partial charge in [-0.05, 0) is 12.0 Å². The van der Waals surface area contributed by atoms with E-state index in [1.165, 1.54) is 16.7 Å². The van der Waals surface area contributed by atoms with Crippen LogP contribution in [0, 0.1) is 0 Å². The first-order chi connectivity index (χ1) is 9.65. The Kier molecular flexibility index (Phi) is 4.84. The maximum Gasteiger partial charge on any atom is 0.355 e. The Bertz CT molecular complexity index is 595. The van der Waals surface area contributed by atoms with Crippen molar-refractivity contribution < 1.29 is 14.7 Å². The SMILES string of the molecule is O=C(CCc1ccccc1)NCc1nc(C(=O)O)cs1. The van der Waals surface area contributed by atoms with Crippen LogP contribution >= 0.6 is 11.3 Å². The van der Waals surface area contributed by atoms with Gasteiger partial charge in [-0.25, -0.2) is 9.78 Å². The Morgan fingerprint density at radius 1 is 1.25 bits per heavy atom. The summed E-state index contributed by atoms with van der Waals surface area (Å²) in [6.45, 7) is 0.269. The molecular formula is C14H14N2O3S. The lowest BCUT2D eigenvalue weighted by Crippen LogP contribution is -2.23. The van der Waals surface area contributed by atoms with Gasteiger partial charge in [-0.2, -0.15) is 0 Å². The van der Waals surface area contributed by atoms with Gasteiger partial charge in [0.2, 0.25) is 5.91 Å². The molecule has 0 saturated carbocycles. The van der Waals surface area contributed by atoms with Crippen molar-refractivity contribution in [2.45, 2.75) is 19.4 Å². The standard InChI is InChI=1S/C14H14N2O3S/c17-12(7-6-10-4-2-1-3-5-10)15-8-13-16-11(9-20-13)14(18)19/h1-5,9H,6-8H2,(H,15,17)(H,18,19). The van der Waals surface area contributed by atoms with Crippen molar-refractivity contribution in [3.05, 3.63) is 52.0 Å². The number of aromatic nitrogens is 1. The molecule has 0 spiro atoms. The molecule has 1 heterocycles. The van der Waals surface area contributed by atoms with E-state index >= 15 is 0 Å². The molecule has 2 N–H and O–H groups in total. The number of carbonyl (C=O) groups excluding carboxylic acids is 1. The summed E-state index contributed by atoms with van der Waals surface area (Å²) >= 11 is 1.23. The van der Waals surface area contributed by atoms with Crippen molar-refractivity contribution >= 4 is 23.2 Å². The molecule has 5 nitrogen and oxygen atoms in total. The van der Waals surface area contributed by atoms with Crippen LogP contribution in [-0.4, -0.2) is 22.0 Å². The summed E-state index contributed by atoms with van der Waals surface area (Å²) in [5.41, 5.74) is 1.13. The molecule has 1 aromatic carbocycles. The maximum absolute atomic E-state index is 11.7. The zero-order chi connectivity index (χ0) is 14.4. The first-order valence-corrected chi connectivity index (χ1v) is 7.01. The van der Waals surface area contributed by atoms with Crippen LogP contribution in [0.4, 0.5) is 0 Å². The van der Waals surface area contributed by atoms with Crippen molar-refractivity contribution in [2.75, 3.05) is 0 Å². The molecule has 0 saturated heterocycles. The van der Waals surface area contributed by atoms with Crippen LogP contribution < -0.4 is 5.32 Å². The van der Waals surface area contributed by atoms with E-state index in [2.05, 4.69) is 10.3 Å². The monoisotopic (exact) mass is 290 g/mol. The lowest BCUT2D eigenvalue weighted by Gasteiger charge is -2.03. The van der Waals surface area contributed by atoms with Gasteiger partial charge in [-0.1, -0.05) is 30.3 Å². The minimum atomic E-state index is -1.05. The van der Waals surface area contributed by atoms with E-state index in [0.29, 0.717) is 17.8 Å². The van der Waals surface area contributed by atoms with E-state index in [9.17, 15) is 9.59 Å². The Labute approximate surface area is 120 Å². The predicted molar refractivity (Wildman–Crippen MR) is 75.7 cm³/mol. The summed E-state index contributed by atoms with van der Waals surface area (Å²) in [7, 11) is 0. The topological polar surface area (TPSA) is 79.3 Å². The second-order valence-corrected chi connectivity index (χ2v) is 5.14. The summed E-state index contributed by atoms with van der Waals surface area (Å²) in [5, 5.41) is 13.5. The number of carboxylic acids is 1. The van der Waals surface area contributed by atoms with Crippen molar-refractivity contribution in [3.63, 3.8) is 0 Å². The number of amides is 1. The normalized spacial score (nSPS) is 10.2. The molecule has 0 unspecified atom stereocenters. The molecule has 0 aliphatic carbocycles. The third-order valence-corrected chi connectivity index (χ3v) is 3.54. The van der Waals surface area contributed by atoms with E-state index in [0.717, 1.165) is 5.56 Å². The summed E-state index contributed by atoms with van der Waals surface area (Å²) in [5.74, 6) is -1.12. The van der Waals surface area contributed by atoms with Crippen LogP contribution in [0.25, 0.3) is 0 Å². The van der Waals surface area contributed by atoms with Gasteiger partial charge in [0.05, 0.1) is 6.54 Å². The Balaban J connectivity index is 1.76. The van der Waals surface area contributed by atoms with Crippen LogP contribution in [0.3, 0.4) is 0 Å². The molecule has 2 rings (SSSR count). The summed E-state index contributed by atoms with van der Waals surface area (Å²) in [4.78, 5) is 26.3. The van der Waals surface area contributed by atoms with Gasteiger partial charge in [-0.3, -0.25) is 4.79 Å². The lowest BCUT2D eigenvalue weighted by molar-refractivity contribution is -0.121. The third-order valence-electron chi connectivity index (χ3n) is 2.69. The number of aryl methyl sites for hydroxylation is 1. The fourth-order valence-corrected chi connectivity index (χ4v) is 2.36. The van der Waals surface area contributed by atoms with Gasteiger partial charge in [0.1, 0.15) is 5.01 Å². The lowest BCUT2D eigenvalue weighted by atomic mass is 10.1. The van der Waals surface area contributed by atoms with Crippen LogP contribution in [0.5, 0.6) is 0 Å². The number of hydrogen-bond donors (Lipinski definition) is 2. The van der Waals surface area contributed by atoms with E-state index in [4.69, 9.17) is 5.11 Å². The number of carboxylic acid groups (broad SMARTS) is 1. The zero-order valence-corrected chi connectivity index (χ0v) is 11.5. The molecule has 0 aliphatic heterocycles. The van der Waals surface area contributed by atoms with Gasteiger partial charge in [-0.15, -0.1) is 11.3 Å². The van der Waals surface area contributed by atoms with E-state index < -0.39 is 5.97 Å². The quantitative estimate of drug-likeness (QED) is 0.853. The number of nitrogens with zero attached hydrogens (tertiary/aromatic N) is 1. The minimum absolute atomic E-state index is 0.0172. The van der Waals surface area contributed by atoms with Crippen LogP contribution in [0.15, 0.2) is 35.7 Å². The molecule has 2 aromatic rings. The van der Waals surface area contributed by atoms with Crippen molar-refractivity contribution in [1.82, 2.24) is 10.3 Å². The highest BCUT2D eigenvalue weighted by atomic mass is 32.1. The molecular weight excluding hydrogens is 276 g/mol. The van der Waals surface area contributed by atoms with Crippen molar-refractivity contribution in [3.8, 4) is 0 Å².